The van der Waals surface area contributed by atoms with Gasteiger partial charge in [0.2, 0.25) is 0 Å². The Kier molecular flexibility index (Phi) is 5.25. The van der Waals surface area contributed by atoms with Crippen LogP contribution in [0.4, 0.5) is 0 Å². The molecule has 0 fully saturated rings. The first-order valence-corrected chi connectivity index (χ1v) is 6.12. The number of benzene rings is 1. The van der Waals surface area contributed by atoms with E-state index in [1.807, 2.05) is 6.92 Å². The third-order valence-electron chi connectivity index (χ3n) is 2.21. The maximum absolute atomic E-state index is 12.0. The molecule has 0 unspecified atom stereocenters. The summed E-state index contributed by atoms with van der Waals surface area (Å²) in [6.45, 7) is 2.73. The molecule has 0 heterocycles. The van der Waals surface area contributed by atoms with Gasteiger partial charge in [0.15, 0.2) is 0 Å². The molecule has 0 aromatic heterocycles. The molecule has 88 valence electrons. The van der Waals surface area contributed by atoms with E-state index in [9.17, 15) is 4.79 Å². The Morgan fingerprint density at radius 1 is 1.56 bits per heavy atom. The fraction of sp³-hybridized carbons (Fsp3) is 0.364. The molecule has 3 nitrogen and oxygen atoms in total. The van der Waals surface area contributed by atoms with Crippen molar-refractivity contribution in [2.45, 2.75) is 6.92 Å². The fourth-order valence-corrected chi connectivity index (χ4v) is 1.76. The van der Waals surface area contributed by atoms with Gasteiger partial charge < -0.3 is 10.0 Å². The topological polar surface area (TPSA) is 40.5 Å². The fourth-order valence-electron chi connectivity index (χ4n) is 1.34. The second-order valence-electron chi connectivity index (χ2n) is 3.24. The van der Waals surface area contributed by atoms with Crippen molar-refractivity contribution in [2.24, 2.45) is 0 Å². The predicted molar refractivity (Wildman–Crippen MR) is 67.8 cm³/mol. The number of nitrogens with zero attached hydrogens (tertiary/aromatic N) is 1. The SMILES string of the molecule is CCN(CCO)C(=O)c1ccc(Br)c(Cl)c1. The van der Waals surface area contributed by atoms with Crippen molar-refractivity contribution >= 4 is 33.4 Å². The summed E-state index contributed by atoms with van der Waals surface area (Å²) in [5.41, 5.74) is 0.531. The van der Waals surface area contributed by atoms with E-state index in [1.165, 1.54) is 0 Å². The van der Waals surface area contributed by atoms with Crippen molar-refractivity contribution in [1.29, 1.82) is 0 Å². The van der Waals surface area contributed by atoms with Crippen LogP contribution in [0.15, 0.2) is 22.7 Å². The third kappa shape index (κ3) is 3.20. The Labute approximate surface area is 108 Å². The first-order valence-electron chi connectivity index (χ1n) is 4.95. The lowest BCUT2D eigenvalue weighted by Gasteiger charge is -2.19. The summed E-state index contributed by atoms with van der Waals surface area (Å²) in [5, 5.41) is 9.34. The van der Waals surface area contributed by atoms with Gasteiger partial charge >= 0.3 is 0 Å². The highest BCUT2D eigenvalue weighted by Crippen LogP contribution is 2.23. The lowest BCUT2D eigenvalue weighted by atomic mass is 10.2. The number of hydrogen-bond donors (Lipinski definition) is 1. The molecule has 5 heteroatoms. The minimum Gasteiger partial charge on any atom is -0.395 e. The molecule has 1 rings (SSSR count). The number of aliphatic hydroxyl groups is 1. The zero-order chi connectivity index (χ0) is 12.1. The normalized spacial score (nSPS) is 10.2. The second-order valence-corrected chi connectivity index (χ2v) is 4.50. The number of likely N-dealkylation sites (N-methyl/N-ethyl adjacent to an activating group) is 1. The van der Waals surface area contributed by atoms with Crippen LogP contribution in [0.1, 0.15) is 17.3 Å². The molecule has 0 aliphatic rings. The number of amides is 1. The van der Waals surface area contributed by atoms with Crippen LogP contribution in [-0.4, -0.2) is 35.6 Å². The van der Waals surface area contributed by atoms with Crippen molar-refractivity contribution in [3.05, 3.63) is 33.3 Å². The van der Waals surface area contributed by atoms with E-state index in [2.05, 4.69) is 15.9 Å². The van der Waals surface area contributed by atoms with Crippen LogP contribution in [0.2, 0.25) is 5.02 Å². The van der Waals surface area contributed by atoms with Gasteiger partial charge in [-0.25, -0.2) is 0 Å². The standard InChI is InChI=1S/C11H13BrClNO2/c1-2-14(5-6-15)11(16)8-3-4-9(12)10(13)7-8/h3-4,7,15H,2,5-6H2,1H3. The molecule has 1 amide bonds. The lowest BCUT2D eigenvalue weighted by molar-refractivity contribution is 0.0732. The molecule has 16 heavy (non-hydrogen) atoms. The molecule has 1 aromatic rings. The monoisotopic (exact) mass is 305 g/mol. The molecule has 0 atom stereocenters. The Morgan fingerprint density at radius 2 is 2.25 bits per heavy atom. The van der Waals surface area contributed by atoms with E-state index in [-0.39, 0.29) is 12.5 Å². The Morgan fingerprint density at radius 3 is 2.75 bits per heavy atom. The van der Waals surface area contributed by atoms with E-state index in [4.69, 9.17) is 16.7 Å². The molecule has 0 saturated carbocycles. The second kappa shape index (κ2) is 6.23. The minimum atomic E-state index is -0.119. The van der Waals surface area contributed by atoms with Crippen LogP contribution >= 0.6 is 27.5 Å². The van der Waals surface area contributed by atoms with E-state index >= 15 is 0 Å². The van der Waals surface area contributed by atoms with Gasteiger partial charge in [0, 0.05) is 23.1 Å². The van der Waals surface area contributed by atoms with Crippen LogP contribution in [0, 0.1) is 0 Å². The van der Waals surface area contributed by atoms with Crippen LogP contribution in [-0.2, 0) is 0 Å². The van der Waals surface area contributed by atoms with Gasteiger partial charge in [0.1, 0.15) is 0 Å². The largest absolute Gasteiger partial charge is 0.395 e. The third-order valence-corrected chi connectivity index (χ3v) is 3.44. The summed E-state index contributed by atoms with van der Waals surface area (Å²) in [4.78, 5) is 13.5. The summed E-state index contributed by atoms with van der Waals surface area (Å²) in [6.07, 6.45) is 0. The lowest BCUT2D eigenvalue weighted by Crippen LogP contribution is -2.33. The number of hydrogen-bond acceptors (Lipinski definition) is 2. The number of carbonyl (C=O) groups is 1. The zero-order valence-corrected chi connectivity index (χ0v) is 11.3. The van der Waals surface area contributed by atoms with Crippen molar-refractivity contribution in [3.8, 4) is 0 Å². The molecule has 0 spiro atoms. The van der Waals surface area contributed by atoms with Gasteiger partial charge in [0.25, 0.3) is 5.91 Å². The number of aliphatic hydroxyl groups excluding tert-OH is 1. The predicted octanol–water partition coefficient (Wildman–Crippen LogP) is 2.56. The molecular formula is C11H13BrClNO2. The maximum atomic E-state index is 12.0. The van der Waals surface area contributed by atoms with Gasteiger partial charge in [-0.05, 0) is 41.1 Å². The zero-order valence-electron chi connectivity index (χ0n) is 8.91. The van der Waals surface area contributed by atoms with E-state index < -0.39 is 0 Å². The smallest absolute Gasteiger partial charge is 0.253 e. The number of carbonyl (C=O) groups excluding carboxylic acids is 1. The number of halogens is 2. The highest BCUT2D eigenvalue weighted by Gasteiger charge is 2.14. The quantitative estimate of drug-likeness (QED) is 0.929. The van der Waals surface area contributed by atoms with Crippen LogP contribution in [0.5, 0.6) is 0 Å². The Balaban J connectivity index is 2.90. The molecule has 0 bridgehead atoms. The first-order chi connectivity index (χ1) is 7.60. The van der Waals surface area contributed by atoms with Crippen LogP contribution in [0.25, 0.3) is 0 Å². The Hall–Kier alpha value is -0.580. The molecule has 0 aliphatic heterocycles. The Bertz CT molecular complexity index is 384. The first kappa shape index (κ1) is 13.5. The van der Waals surface area contributed by atoms with Crippen LogP contribution < -0.4 is 0 Å². The van der Waals surface area contributed by atoms with E-state index in [0.717, 1.165) is 4.47 Å². The summed E-state index contributed by atoms with van der Waals surface area (Å²) < 4.78 is 0.760. The van der Waals surface area contributed by atoms with Crippen molar-refractivity contribution in [3.63, 3.8) is 0 Å². The van der Waals surface area contributed by atoms with Gasteiger partial charge in [-0.1, -0.05) is 11.6 Å². The molecule has 1 aromatic carbocycles. The summed E-state index contributed by atoms with van der Waals surface area (Å²) >= 11 is 9.18. The minimum absolute atomic E-state index is 0.0379. The number of rotatable bonds is 4. The molecule has 0 saturated heterocycles. The van der Waals surface area contributed by atoms with Gasteiger partial charge in [-0.15, -0.1) is 0 Å². The molecule has 0 radical (unpaired) electrons. The van der Waals surface area contributed by atoms with Crippen molar-refractivity contribution in [1.82, 2.24) is 4.90 Å². The highest BCUT2D eigenvalue weighted by atomic mass is 79.9. The van der Waals surface area contributed by atoms with E-state index in [0.29, 0.717) is 23.7 Å². The molecular weight excluding hydrogens is 293 g/mol. The van der Waals surface area contributed by atoms with Gasteiger partial charge in [-0.2, -0.15) is 0 Å². The van der Waals surface area contributed by atoms with Crippen LogP contribution in [0.3, 0.4) is 0 Å². The summed E-state index contributed by atoms with van der Waals surface area (Å²) in [5.74, 6) is -0.119. The maximum Gasteiger partial charge on any atom is 0.253 e. The average molecular weight is 307 g/mol. The highest BCUT2D eigenvalue weighted by molar-refractivity contribution is 9.10. The average Bonchev–Trinajstić information content (AvgIpc) is 2.28. The summed E-state index contributed by atoms with van der Waals surface area (Å²) in [6, 6.07) is 5.06. The van der Waals surface area contributed by atoms with Crippen molar-refractivity contribution < 1.29 is 9.90 Å². The van der Waals surface area contributed by atoms with Gasteiger partial charge in [-0.3, -0.25) is 4.79 Å². The van der Waals surface area contributed by atoms with Gasteiger partial charge in [0.05, 0.1) is 11.6 Å². The van der Waals surface area contributed by atoms with Crippen molar-refractivity contribution in [2.75, 3.05) is 19.7 Å². The van der Waals surface area contributed by atoms with E-state index in [1.54, 1.807) is 23.1 Å². The summed E-state index contributed by atoms with van der Waals surface area (Å²) in [7, 11) is 0. The molecule has 1 N–H and O–H groups in total. The molecule has 0 aliphatic carbocycles.